The summed E-state index contributed by atoms with van der Waals surface area (Å²) in [6.07, 6.45) is 5.53. The molecule has 1 aliphatic heterocycles. The molecule has 0 saturated carbocycles. The molecule has 0 amide bonds. The standard InChI is InChI=1S/C14H18N2O3/c17-14(18)11-19-13-6-4-12(5-7-13)10-15-16-8-2-1-3-9-16/h4-7,10H,1-3,8-9,11H2,(H,17,18)/b15-10-. The van der Waals surface area contributed by atoms with Crippen molar-refractivity contribution in [3.8, 4) is 5.75 Å². The van der Waals surface area contributed by atoms with Crippen molar-refractivity contribution in [3.05, 3.63) is 29.8 Å². The van der Waals surface area contributed by atoms with Crippen molar-refractivity contribution in [1.82, 2.24) is 5.01 Å². The molecular formula is C14H18N2O3. The largest absolute Gasteiger partial charge is 0.482 e. The maximum atomic E-state index is 10.4. The third kappa shape index (κ3) is 4.62. The Morgan fingerprint density at radius 1 is 1.26 bits per heavy atom. The van der Waals surface area contributed by atoms with Gasteiger partial charge < -0.3 is 9.84 Å². The molecule has 1 heterocycles. The van der Waals surface area contributed by atoms with Crippen molar-refractivity contribution < 1.29 is 14.6 Å². The van der Waals surface area contributed by atoms with Crippen molar-refractivity contribution in [2.45, 2.75) is 19.3 Å². The van der Waals surface area contributed by atoms with Crippen LogP contribution in [0.4, 0.5) is 0 Å². The first-order valence-electron chi connectivity index (χ1n) is 6.47. The summed E-state index contributed by atoms with van der Waals surface area (Å²) in [4.78, 5) is 10.4. The Bertz CT molecular complexity index is 437. The molecular weight excluding hydrogens is 244 g/mol. The van der Waals surface area contributed by atoms with Crippen LogP contribution >= 0.6 is 0 Å². The monoisotopic (exact) mass is 262 g/mol. The maximum absolute atomic E-state index is 10.4. The van der Waals surface area contributed by atoms with Gasteiger partial charge in [0.25, 0.3) is 0 Å². The smallest absolute Gasteiger partial charge is 0.341 e. The van der Waals surface area contributed by atoms with Gasteiger partial charge in [0.2, 0.25) is 0 Å². The van der Waals surface area contributed by atoms with E-state index >= 15 is 0 Å². The summed E-state index contributed by atoms with van der Waals surface area (Å²) in [5.41, 5.74) is 0.980. The minimum atomic E-state index is -0.976. The second-order valence-electron chi connectivity index (χ2n) is 4.51. The number of carboxylic acids is 1. The number of hydrogen-bond acceptors (Lipinski definition) is 4. The molecule has 0 bridgehead atoms. The van der Waals surface area contributed by atoms with Crippen LogP contribution in [0.2, 0.25) is 0 Å². The number of benzene rings is 1. The van der Waals surface area contributed by atoms with E-state index in [2.05, 4.69) is 10.1 Å². The summed E-state index contributed by atoms with van der Waals surface area (Å²) in [5, 5.41) is 15.0. The molecule has 0 unspecified atom stereocenters. The van der Waals surface area contributed by atoms with Gasteiger partial charge in [0, 0.05) is 13.1 Å². The van der Waals surface area contributed by atoms with Crippen LogP contribution in [0.25, 0.3) is 0 Å². The quantitative estimate of drug-likeness (QED) is 0.824. The average Bonchev–Trinajstić information content (AvgIpc) is 2.45. The fourth-order valence-corrected chi connectivity index (χ4v) is 1.94. The predicted molar refractivity (Wildman–Crippen MR) is 72.6 cm³/mol. The lowest BCUT2D eigenvalue weighted by atomic mass is 10.2. The van der Waals surface area contributed by atoms with E-state index in [1.165, 1.54) is 19.3 Å². The zero-order chi connectivity index (χ0) is 13.5. The Labute approximate surface area is 112 Å². The molecule has 0 atom stereocenters. The molecule has 1 aromatic rings. The summed E-state index contributed by atoms with van der Waals surface area (Å²) < 4.78 is 5.06. The maximum Gasteiger partial charge on any atom is 0.341 e. The molecule has 1 saturated heterocycles. The number of hydrazone groups is 1. The van der Waals surface area contributed by atoms with Crippen LogP contribution in [-0.4, -0.2) is 42.0 Å². The van der Waals surface area contributed by atoms with Gasteiger partial charge in [-0.15, -0.1) is 0 Å². The molecule has 1 N–H and O–H groups in total. The topological polar surface area (TPSA) is 62.1 Å². The normalized spacial score (nSPS) is 15.7. The Kier molecular flexibility index (Phi) is 4.78. The second kappa shape index (κ2) is 6.78. The van der Waals surface area contributed by atoms with E-state index < -0.39 is 5.97 Å². The summed E-state index contributed by atoms with van der Waals surface area (Å²) >= 11 is 0. The van der Waals surface area contributed by atoms with Gasteiger partial charge in [0.05, 0.1) is 6.21 Å². The average molecular weight is 262 g/mol. The van der Waals surface area contributed by atoms with E-state index in [-0.39, 0.29) is 6.61 Å². The lowest BCUT2D eigenvalue weighted by Crippen LogP contribution is -2.24. The number of carbonyl (C=O) groups is 1. The van der Waals surface area contributed by atoms with Crippen LogP contribution in [0.3, 0.4) is 0 Å². The van der Waals surface area contributed by atoms with Gasteiger partial charge in [-0.3, -0.25) is 5.01 Å². The zero-order valence-electron chi connectivity index (χ0n) is 10.8. The van der Waals surface area contributed by atoms with Crippen LogP contribution in [0.5, 0.6) is 5.75 Å². The Morgan fingerprint density at radius 3 is 2.58 bits per heavy atom. The van der Waals surface area contributed by atoms with E-state index in [1.54, 1.807) is 12.1 Å². The summed E-state index contributed by atoms with van der Waals surface area (Å²) in [6.45, 7) is 1.73. The molecule has 102 valence electrons. The Morgan fingerprint density at radius 2 is 1.95 bits per heavy atom. The SMILES string of the molecule is O=C(O)COc1ccc(/C=N\N2CCCCC2)cc1. The molecule has 0 spiro atoms. The van der Waals surface area contributed by atoms with Crippen molar-refractivity contribution in [2.24, 2.45) is 5.10 Å². The van der Waals surface area contributed by atoms with Crippen LogP contribution in [0, 0.1) is 0 Å². The molecule has 0 aromatic heterocycles. The first-order chi connectivity index (χ1) is 9.24. The minimum absolute atomic E-state index is 0.318. The first-order valence-corrected chi connectivity index (χ1v) is 6.47. The third-order valence-electron chi connectivity index (χ3n) is 2.94. The van der Waals surface area contributed by atoms with Gasteiger partial charge in [-0.25, -0.2) is 4.79 Å². The molecule has 1 aromatic carbocycles. The molecule has 0 radical (unpaired) electrons. The van der Waals surface area contributed by atoms with Gasteiger partial charge in [-0.2, -0.15) is 5.10 Å². The molecule has 1 aliphatic rings. The summed E-state index contributed by atoms with van der Waals surface area (Å²) in [5.74, 6) is -0.423. The van der Waals surface area contributed by atoms with Crippen molar-refractivity contribution in [3.63, 3.8) is 0 Å². The van der Waals surface area contributed by atoms with Crippen LogP contribution in [0.15, 0.2) is 29.4 Å². The zero-order valence-corrected chi connectivity index (χ0v) is 10.8. The van der Waals surface area contributed by atoms with Gasteiger partial charge >= 0.3 is 5.97 Å². The minimum Gasteiger partial charge on any atom is -0.482 e. The number of piperidine rings is 1. The third-order valence-corrected chi connectivity index (χ3v) is 2.94. The highest BCUT2D eigenvalue weighted by atomic mass is 16.5. The second-order valence-corrected chi connectivity index (χ2v) is 4.51. The van der Waals surface area contributed by atoms with Gasteiger partial charge in [0.15, 0.2) is 6.61 Å². The lowest BCUT2D eigenvalue weighted by Gasteiger charge is -2.23. The van der Waals surface area contributed by atoms with Crippen molar-refractivity contribution in [2.75, 3.05) is 19.7 Å². The van der Waals surface area contributed by atoms with Gasteiger partial charge in [0.1, 0.15) is 5.75 Å². The number of carboxylic acid groups (broad SMARTS) is 1. The number of hydrogen-bond donors (Lipinski definition) is 1. The van der Waals surface area contributed by atoms with Crippen molar-refractivity contribution >= 4 is 12.2 Å². The summed E-state index contributed by atoms with van der Waals surface area (Å²) in [7, 11) is 0. The molecule has 0 aliphatic carbocycles. The van der Waals surface area contributed by atoms with Crippen LogP contribution < -0.4 is 4.74 Å². The van der Waals surface area contributed by atoms with E-state index in [9.17, 15) is 4.79 Å². The van der Waals surface area contributed by atoms with Crippen LogP contribution in [-0.2, 0) is 4.79 Å². The predicted octanol–water partition coefficient (Wildman–Crippen LogP) is 1.97. The highest BCUT2D eigenvalue weighted by Gasteiger charge is 2.06. The first kappa shape index (κ1) is 13.4. The van der Waals surface area contributed by atoms with E-state index in [0.717, 1.165) is 18.7 Å². The lowest BCUT2D eigenvalue weighted by molar-refractivity contribution is -0.139. The van der Waals surface area contributed by atoms with Crippen molar-refractivity contribution in [1.29, 1.82) is 0 Å². The summed E-state index contributed by atoms with van der Waals surface area (Å²) in [6, 6.07) is 7.23. The fourth-order valence-electron chi connectivity index (χ4n) is 1.94. The number of nitrogens with zero attached hydrogens (tertiary/aromatic N) is 2. The van der Waals surface area contributed by atoms with Gasteiger partial charge in [-0.05, 0) is 49.1 Å². The van der Waals surface area contributed by atoms with E-state index in [1.807, 2.05) is 18.3 Å². The molecule has 1 fully saturated rings. The highest BCUT2D eigenvalue weighted by Crippen LogP contribution is 2.12. The van der Waals surface area contributed by atoms with Gasteiger partial charge in [-0.1, -0.05) is 0 Å². The number of rotatable bonds is 5. The Hall–Kier alpha value is -2.04. The number of aliphatic carboxylic acids is 1. The van der Waals surface area contributed by atoms with Crippen LogP contribution in [0.1, 0.15) is 24.8 Å². The molecule has 2 rings (SSSR count). The molecule has 19 heavy (non-hydrogen) atoms. The highest BCUT2D eigenvalue weighted by molar-refractivity contribution is 5.79. The van der Waals surface area contributed by atoms with E-state index in [0.29, 0.717) is 5.75 Å². The Balaban J connectivity index is 1.87. The fraction of sp³-hybridized carbons (Fsp3) is 0.429. The number of ether oxygens (including phenoxy) is 1. The molecule has 5 heteroatoms. The molecule has 5 nitrogen and oxygen atoms in total. The van der Waals surface area contributed by atoms with E-state index in [4.69, 9.17) is 9.84 Å².